The number of anilines is 1. The summed E-state index contributed by atoms with van der Waals surface area (Å²) in [5.41, 5.74) is 8.60. The van der Waals surface area contributed by atoms with Crippen molar-refractivity contribution in [2.24, 2.45) is 11.7 Å². The van der Waals surface area contributed by atoms with Crippen molar-refractivity contribution in [1.29, 1.82) is 0 Å². The van der Waals surface area contributed by atoms with Crippen molar-refractivity contribution in [2.75, 3.05) is 11.9 Å². The number of hydrogen-bond donors (Lipinski definition) is 3. The van der Waals surface area contributed by atoms with Crippen LogP contribution in [0.1, 0.15) is 25.0 Å². The van der Waals surface area contributed by atoms with Gasteiger partial charge in [-0.25, -0.2) is 0 Å². The molecule has 0 saturated heterocycles. The average Bonchev–Trinajstić information content (AvgIpc) is 2.64. The second kappa shape index (κ2) is 11.3. The summed E-state index contributed by atoms with van der Waals surface area (Å²) in [6.07, 6.45) is 0. The minimum Gasteiger partial charge on any atom is -0.489 e. The summed E-state index contributed by atoms with van der Waals surface area (Å²) < 4.78 is 5.79. The molecule has 0 unspecified atom stereocenters. The van der Waals surface area contributed by atoms with Crippen molar-refractivity contribution in [3.63, 3.8) is 0 Å². The van der Waals surface area contributed by atoms with E-state index in [2.05, 4.69) is 16.7 Å². The quantitative estimate of drug-likeness (QED) is 0.629. The lowest BCUT2D eigenvalue weighted by molar-refractivity contribution is -0.125. The summed E-state index contributed by atoms with van der Waals surface area (Å²) in [6.45, 7) is 6.06. The van der Waals surface area contributed by atoms with Crippen molar-refractivity contribution in [3.8, 4) is 5.75 Å². The van der Waals surface area contributed by atoms with Crippen LogP contribution < -0.4 is 21.1 Å². The van der Waals surface area contributed by atoms with E-state index in [0.717, 1.165) is 5.56 Å². The monoisotopic (exact) mass is 405 g/mol. The number of halogens is 1. The van der Waals surface area contributed by atoms with Gasteiger partial charge in [-0.15, -0.1) is 12.4 Å². The molecular formula is C21H28ClN3O3. The van der Waals surface area contributed by atoms with Crippen molar-refractivity contribution < 1.29 is 14.3 Å². The van der Waals surface area contributed by atoms with E-state index in [0.29, 0.717) is 18.0 Å². The highest BCUT2D eigenvalue weighted by Gasteiger charge is 2.17. The van der Waals surface area contributed by atoms with Gasteiger partial charge in [-0.1, -0.05) is 49.7 Å². The molecule has 28 heavy (non-hydrogen) atoms. The standard InChI is InChI=1S/C21H27N3O3.ClH/c1-14(2)20(22)21(26)23-12-19(25)24-17-8-5-9-18(11-17)27-13-16-7-4-6-15(3)10-16;/h4-11,14,20H,12-13,22H2,1-3H3,(H,23,26)(H,24,25);1H/t20-;/m0./s1. The Bertz CT molecular complexity index is 796. The van der Waals surface area contributed by atoms with Gasteiger partial charge in [0, 0.05) is 11.8 Å². The van der Waals surface area contributed by atoms with Gasteiger partial charge in [-0.05, 0) is 30.5 Å². The zero-order valence-corrected chi connectivity index (χ0v) is 17.2. The Balaban J connectivity index is 0.00000392. The SMILES string of the molecule is Cc1cccc(COc2cccc(NC(=O)CNC(=O)[C@@H](N)C(C)C)c2)c1.Cl. The van der Waals surface area contributed by atoms with E-state index in [-0.39, 0.29) is 36.7 Å². The first kappa shape index (κ1) is 23.5. The molecule has 0 heterocycles. The number of carbonyl (C=O) groups excluding carboxylic acids is 2. The largest absolute Gasteiger partial charge is 0.489 e. The van der Waals surface area contributed by atoms with E-state index < -0.39 is 6.04 Å². The Morgan fingerprint density at radius 3 is 2.50 bits per heavy atom. The van der Waals surface area contributed by atoms with Crippen LogP contribution in [0, 0.1) is 12.8 Å². The molecular weight excluding hydrogens is 378 g/mol. The number of rotatable bonds is 8. The van der Waals surface area contributed by atoms with E-state index in [1.165, 1.54) is 5.56 Å². The van der Waals surface area contributed by atoms with Crippen LogP contribution in [0.4, 0.5) is 5.69 Å². The number of amides is 2. The lowest BCUT2D eigenvalue weighted by Gasteiger charge is -2.15. The lowest BCUT2D eigenvalue weighted by Crippen LogP contribution is -2.46. The third-order valence-electron chi connectivity index (χ3n) is 4.05. The van der Waals surface area contributed by atoms with Crippen molar-refractivity contribution >= 4 is 29.9 Å². The van der Waals surface area contributed by atoms with Gasteiger partial charge in [0.2, 0.25) is 11.8 Å². The number of aryl methyl sites for hydroxylation is 1. The minimum absolute atomic E-state index is 0. The number of carbonyl (C=O) groups is 2. The zero-order valence-electron chi connectivity index (χ0n) is 16.4. The Kier molecular flexibility index (Phi) is 9.48. The van der Waals surface area contributed by atoms with Gasteiger partial charge >= 0.3 is 0 Å². The average molecular weight is 406 g/mol. The number of benzene rings is 2. The molecule has 0 radical (unpaired) electrons. The highest BCUT2D eigenvalue weighted by molar-refractivity contribution is 5.95. The predicted octanol–water partition coefficient (Wildman–Crippen LogP) is 3.03. The molecule has 152 valence electrons. The molecule has 2 aromatic rings. The maximum absolute atomic E-state index is 12.0. The molecule has 7 heteroatoms. The summed E-state index contributed by atoms with van der Waals surface area (Å²) >= 11 is 0. The Hall–Kier alpha value is -2.57. The summed E-state index contributed by atoms with van der Waals surface area (Å²) in [5.74, 6) is 0.000921. The van der Waals surface area contributed by atoms with Crippen LogP contribution in [0.5, 0.6) is 5.75 Å². The van der Waals surface area contributed by atoms with E-state index in [9.17, 15) is 9.59 Å². The molecule has 2 rings (SSSR count). The maximum atomic E-state index is 12.0. The topological polar surface area (TPSA) is 93.5 Å². The fraction of sp³-hybridized carbons (Fsp3) is 0.333. The number of hydrogen-bond acceptors (Lipinski definition) is 4. The van der Waals surface area contributed by atoms with E-state index >= 15 is 0 Å². The first-order valence-corrected chi connectivity index (χ1v) is 8.96. The van der Waals surface area contributed by atoms with Crippen molar-refractivity contribution in [1.82, 2.24) is 5.32 Å². The molecule has 1 atom stereocenters. The van der Waals surface area contributed by atoms with Crippen molar-refractivity contribution in [3.05, 3.63) is 59.7 Å². The third kappa shape index (κ3) is 7.58. The first-order valence-electron chi connectivity index (χ1n) is 8.96. The van der Waals surface area contributed by atoms with Crippen molar-refractivity contribution in [2.45, 2.75) is 33.4 Å². The van der Waals surface area contributed by atoms with Crippen LogP contribution in [0.25, 0.3) is 0 Å². The van der Waals surface area contributed by atoms with Crippen LogP contribution in [-0.4, -0.2) is 24.4 Å². The minimum atomic E-state index is -0.629. The normalized spacial score (nSPS) is 11.3. The first-order chi connectivity index (χ1) is 12.8. The fourth-order valence-corrected chi connectivity index (χ4v) is 2.43. The predicted molar refractivity (Wildman–Crippen MR) is 114 cm³/mol. The third-order valence-corrected chi connectivity index (χ3v) is 4.05. The molecule has 0 aliphatic rings. The second-order valence-corrected chi connectivity index (χ2v) is 6.84. The molecule has 0 fully saturated rings. The van der Waals surface area contributed by atoms with Gasteiger partial charge in [0.1, 0.15) is 12.4 Å². The molecule has 2 amide bonds. The van der Waals surface area contributed by atoms with Crippen LogP contribution in [0.15, 0.2) is 48.5 Å². The highest BCUT2D eigenvalue weighted by Crippen LogP contribution is 2.19. The molecule has 6 nitrogen and oxygen atoms in total. The van der Waals surface area contributed by atoms with Gasteiger partial charge < -0.3 is 21.1 Å². The van der Waals surface area contributed by atoms with Gasteiger partial charge in [-0.3, -0.25) is 9.59 Å². The molecule has 0 aliphatic carbocycles. The molecule has 2 aromatic carbocycles. The number of nitrogens with one attached hydrogen (secondary N) is 2. The van der Waals surface area contributed by atoms with E-state index in [4.69, 9.17) is 10.5 Å². The summed E-state index contributed by atoms with van der Waals surface area (Å²) in [4.78, 5) is 23.8. The lowest BCUT2D eigenvalue weighted by atomic mass is 10.1. The van der Waals surface area contributed by atoms with Crippen LogP contribution >= 0.6 is 12.4 Å². The fourth-order valence-electron chi connectivity index (χ4n) is 2.43. The second-order valence-electron chi connectivity index (χ2n) is 6.84. The van der Waals surface area contributed by atoms with E-state index in [1.807, 2.05) is 45.0 Å². The molecule has 0 bridgehead atoms. The summed E-state index contributed by atoms with van der Waals surface area (Å²) in [5, 5.41) is 5.28. The molecule has 0 aromatic heterocycles. The zero-order chi connectivity index (χ0) is 19.8. The van der Waals surface area contributed by atoms with Gasteiger partial charge in [-0.2, -0.15) is 0 Å². The Labute approximate surface area is 172 Å². The smallest absolute Gasteiger partial charge is 0.243 e. The van der Waals surface area contributed by atoms with E-state index in [1.54, 1.807) is 18.2 Å². The molecule has 0 saturated carbocycles. The van der Waals surface area contributed by atoms with Crippen LogP contribution in [0.2, 0.25) is 0 Å². The number of nitrogens with two attached hydrogens (primary N) is 1. The molecule has 4 N–H and O–H groups in total. The molecule has 0 aliphatic heterocycles. The Morgan fingerprint density at radius 2 is 1.82 bits per heavy atom. The van der Waals surface area contributed by atoms with Gasteiger partial charge in [0.25, 0.3) is 0 Å². The maximum Gasteiger partial charge on any atom is 0.243 e. The summed E-state index contributed by atoms with van der Waals surface area (Å²) in [6, 6.07) is 14.6. The summed E-state index contributed by atoms with van der Waals surface area (Å²) in [7, 11) is 0. The number of ether oxygens (including phenoxy) is 1. The molecule has 0 spiro atoms. The van der Waals surface area contributed by atoms with Gasteiger partial charge in [0.05, 0.1) is 12.6 Å². The van der Waals surface area contributed by atoms with Crippen LogP contribution in [-0.2, 0) is 16.2 Å². The Morgan fingerprint density at radius 1 is 1.11 bits per heavy atom. The van der Waals surface area contributed by atoms with Crippen LogP contribution in [0.3, 0.4) is 0 Å². The highest BCUT2D eigenvalue weighted by atomic mass is 35.5. The van der Waals surface area contributed by atoms with Gasteiger partial charge in [0.15, 0.2) is 0 Å².